The van der Waals surface area contributed by atoms with Gasteiger partial charge >= 0.3 is 0 Å². The van der Waals surface area contributed by atoms with Crippen molar-refractivity contribution in [1.82, 2.24) is 5.32 Å². The SMILES string of the molecule is O=C(CSC1=N/C(=C/c2ccccc2)C(=O)N1c1ccccc1)NCc1cccs1. The van der Waals surface area contributed by atoms with Crippen LogP contribution in [-0.2, 0) is 16.1 Å². The van der Waals surface area contributed by atoms with Crippen molar-refractivity contribution in [3.8, 4) is 0 Å². The molecule has 2 heterocycles. The van der Waals surface area contributed by atoms with Gasteiger partial charge in [-0.25, -0.2) is 4.99 Å². The molecule has 2 amide bonds. The molecule has 3 aromatic rings. The van der Waals surface area contributed by atoms with Crippen LogP contribution in [0.5, 0.6) is 0 Å². The zero-order valence-electron chi connectivity index (χ0n) is 16.0. The Kier molecular flexibility index (Phi) is 6.41. The molecule has 0 unspecified atom stereocenters. The molecule has 0 spiro atoms. The smallest absolute Gasteiger partial charge is 0.283 e. The second-order valence-corrected chi connectivity index (χ2v) is 8.43. The molecule has 0 aliphatic carbocycles. The molecule has 0 radical (unpaired) electrons. The number of hydrogen-bond acceptors (Lipinski definition) is 5. The van der Waals surface area contributed by atoms with Gasteiger partial charge in [-0.3, -0.25) is 14.5 Å². The highest BCUT2D eigenvalue weighted by Gasteiger charge is 2.32. The summed E-state index contributed by atoms with van der Waals surface area (Å²) in [6.07, 6.45) is 1.77. The lowest BCUT2D eigenvalue weighted by Crippen LogP contribution is -2.32. The van der Waals surface area contributed by atoms with Crippen LogP contribution < -0.4 is 10.2 Å². The van der Waals surface area contributed by atoms with Gasteiger partial charge in [0.1, 0.15) is 5.70 Å². The highest BCUT2D eigenvalue weighted by atomic mass is 32.2. The number of anilines is 1. The molecule has 1 aliphatic rings. The first kappa shape index (κ1) is 20.1. The Morgan fingerprint density at radius 2 is 1.77 bits per heavy atom. The standard InChI is InChI=1S/C23H19N3O2S2/c27-21(24-15-19-12-7-13-29-19)16-30-23-25-20(14-17-8-3-1-4-9-17)22(28)26(23)18-10-5-2-6-11-18/h1-14H,15-16H2,(H,24,27)/b20-14+. The van der Waals surface area contributed by atoms with Gasteiger partial charge in [0.2, 0.25) is 5.91 Å². The Morgan fingerprint density at radius 1 is 1.03 bits per heavy atom. The average molecular weight is 434 g/mol. The van der Waals surface area contributed by atoms with E-state index >= 15 is 0 Å². The summed E-state index contributed by atoms with van der Waals surface area (Å²) in [6, 6.07) is 22.9. The Hall–Kier alpha value is -3.16. The average Bonchev–Trinajstić information content (AvgIpc) is 3.40. The summed E-state index contributed by atoms with van der Waals surface area (Å²) in [5, 5.41) is 5.38. The molecular formula is C23H19N3O2S2. The number of amidine groups is 1. The molecule has 5 nitrogen and oxygen atoms in total. The monoisotopic (exact) mass is 433 g/mol. The second kappa shape index (κ2) is 9.56. The number of aliphatic imine (C=N–C) groups is 1. The maximum atomic E-state index is 13.1. The topological polar surface area (TPSA) is 61.8 Å². The van der Waals surface area contributed by atoms with Crippen LogP contribution in [0.25, 0.3) is 6.08 Å². The zero-order chi connectivity index (χ0) is 20.8. The predicted molar refractivity (Wildman–Crippen MR) is 124 cm³/mol. The van der Waals surface area contributed by atoms with Gasteiger partial charge < -0.3 is 5.32 Å². The van der Waals surface area contributed by atoms with Crippen molar-refractivity contribution in [2.24, 2.45) is 4.99 Å². The van der Waals surface area contributed by atoms with E-state index in [1.54, 1.807) is 22.3 Å². The van der Waals surface area contributed by atoms with E-state index in [0.29, 0.717) is 17.4 Å². The summed E-state index contributed by atoms with van der Waals surface area (Å²) in [6.45, 7) is 0.504. The van der Waals surface area contributed by atoms with Gasteiger partial charge in [-0.15, -0.1) is 11.3 Å². The molecule has 0 atom stereocenters. The zero-order valence-corrected chi connectivity index (χ0v) is 17.7. The summed E-state index contributed by atoms with van der Waals surface area (Å²) in [7, 11) is 0. The van der Waals surface area contributed by atoms with Crippen LogP contribution in [0.15, 0.2) is 88.9 Å². The number of amides is 2. The fourth-order valence-electron chi connectivity index (χ4n) is 2.89. The van der Waals surface area contributed by atoms with Gasteiger partial charge in [-0.05, 0) is 35.2 Å². The minimum atomic E-state index is -0.202. The van der Waals surface area contributed by atoms with E-state index in [1.165, 1.54) is 11.8 Å². The third kappa shape index (κ3) is 4.87. The number of hydrogen-bond donors (Lipinski definition) is 1. The van der Waals surface area contributed by atoms with Crippen molar-refractivity contribution in [3.63, 3.8) is 0 Å². The van der Waals surface area contributed by atoms with Crippen LogP contribution in [0.1, 0.15) is 10.4 Å². The summed E-state index contributed by atoms with van der Waals surface area (Å²) in [5.74, 6) is -0.122. The van der Waals surface area contributed by atoms with Gasteiger partial charge in [-0.1, -0.05) is 66.4 Å². The quantitative estimate of drug-likeness (QED) is 0.581. The molecule has 150 valence electrons. The maximum absolute atomic E-state index is 13.1. The van der Waals surface area contributed by atoms with Gasteiger partial charge in [0.05, 0.1) is 18.0 Å². The highest BCUT2D eigenvalue weighted by molar-refractivity contribution is 8.14. The van der Waals surface area contributed by atoms with Gasteiger partial charge in [0.25, 0.3) is 5.91 Å². The molecule has 1 N–H and O–H groups in total. The van der Waals surface area contributed by atoms with E-state index < -0.39 is 0 Å². The number of thioether (sulfide) groups is 1. The minimum absolute atomic E-state index is 0.1000. The number of rotatable bonds is 6. The van der Waals surface area contributed by atoms with E-state index in [4.69, 9.17) is 0 Å². The molecule has 4 rings (SSSR count). The van der Waals surface area contributed by atoms with E-state index in [1.807, 2.05) is 78.2 Å². The third-order valence-corrected chi connectivity index (χ3v) is 6.13. The van der Waals surface area contributed by atoms with Crippen LogP contribution >= 0.6 is 23.1 Å². The third-order valence-electron chi connectivity index (χ3n) is 4.32. The molecule has 0 saturated carbocycles. The van der Waals surface area contributed by atoms with Crippen molar-refractivity contribution in [2.45, 2.75) is 6.54 Å². The Labute approximate surface area is 183 Å². The Morgan fingerprint density at radius 3 is 2.47 bits per heavy atom. The first-order chi connectivity index (χ1) is 14.7. The van der Waals surface area contributed by atoms with Crippen LogP contribution in [0.2, 0.25) is 0 Å². The largest absolute Gasteiger partial charge is 0.350 e. The number of nitrogens with one attached hydrogen (secondary N) is 1. The minimum Gasteiger partial charge on any atom is -0.350 e. The Balaban J connectivity index is 1.51. The molecule has 0 fully saturated rings. The number of benzene rings is 2. The number of carbonyl (C=O) groups excluding carboxylic acids is 2. The molecule has 7 heteroatoms. The predicted octanol–water partition coefficient (Wildman–Crippen LogP) is 4.54. The molecule has 1 aliphatic heterocycles. The van der Waals surface area contributed by atoms with E-state index in [9.17, 15) is 9.59 Å². The van der Waals surface area contributed by atoms with Crippen molar-refractivity contribution in [2.75, 3.05) is 10.7 Å². The number of thiophene rings is 1. The normalized spacial score (nSPS) is 14.8. The van der Waals surface area contributed by atoms with Crippen molar-refractivity contribution < 1.29 is 9.59 Å². The Bertz CT molecular complexity index is 1080. The van der Waals surface area contributed by atoms with E-state index in [-0.39, 0.29) is 17.6 Å². The first-order valence-electron chi connectivity index (χ1n) is 9.37. The van der Waals surface area contributed by atoms with Crippen LogP contribution in [-0.4, -0.2) is 22.7 Å². The molecule has 30 heavy (non-hydrogen) atoms. The summed E-state index contributed by atoms with van der Waals surface area (Å²) in [5.41, 5.74) is 1.98. The molecule has 0 bridgehead atoms. The van der Waals surface area contributed by atoms with Gasteiger partial charge in [0.15, 0.2) is 5.17 Å². The lowest BCUT2D eigenvalue weighted by atomic mass is 10.2. The van der Waals surface area contributed by atoms with Crippen LogP contribution in [0.3, 0.4) is 0 Å². The fraction of sp³-hybridized carbons (Fsp3) is 0.0870. The van der Waals surface area contributed by atoms with Crippen molar-refractivity contribution in [1.29, 1.82) is 0 Å². The maximum Gasteiger partial charge on any atom is 0.283 e. The number of para-hydroxylation sites is 1. The van der Waals surface area contributed by atoms with Crippen molar-refractivity contribution in [3.05, 3.63) is 94.3 Å². The van der Waals surface area contributed by atoms with Gasteiger partial charge in [0, 0.05) is 4.88 Å². The first-order valence-corrected chi connectivity index (χ1v) is 11.2. The summed E-state index contributed by atoms with van der Waals surface area (Å²) in [4.78, 5) is 32.6. The van der Waals surface area contributed by atoms with Crippen LogP contribution in [0, 0.1) is 0 Å². The summed E-state index contributed by atoms with van der Waals surface area (Å²) < 4.78 is 0. The molecule has 2 aromatic carbocycles. The number of nitrogens with zero attached hydrogens (tertiary/aromatic N) is 2. The van der Waals surface area contributed by atoms with Gasteiger partial charge in [-0.2, -0.15) is 0 Å². The lowest BCUT2D eigenvalue weighted by Gasteiger charge is -2.17. The number of carbonyl (C=O) groups is 2. The summed E-state index contributed by atoms with van der Waals surface area (Å²) >= 11 is 2.86. The fourth-order valence-corrected chi connectivity index (χ4v) is 4.37. The second-order valence-electron chi connectivity index (χ2n) is 6.46. The molecule has 0 saturated heterocycles. The molecule has 1 aromatic heterocycles. The van der Waals surface area contributed by atoms with E-state index in [2.05, 4.69) is 10.3 Å². The van der Waals surface area contributed by atoms with E-state index in [0.717, 1.165) is 16.1 Å². The lowest BCUT2D eigenvalue weighted by molar-refractivity contribution is -0.118. The highest BCUT2D eigenvalue weighted by Crippen LogP contribution is 2.29. The van der Waals surface area contributed by atoms with Crippen molar-refractivity contribution >= 4 is 51.8 Å². The molecular weight excluding hydrogens is 414 g/mol. The van der Waals surface area contributed by atoms with Crippen LogP contribution in [0.4, 0.5) is 5.69 Å².